The Morgan fingerprint density at radius 3 is 2.63 bits per heavy atom. The van der Waals surface area contributed by atoms with E-state index < -0.39 is 0 Å². The molecule has 1 saturated heterocycles. The van der Waals surface area contributed by atoms with Crippen LogP contribution in [0.15, 0.2) is 6.07 Å². The number of nitrogens with two attached hydrogens (primary N) is 1. The summed E-state index contributed by atoms with van der Waals surface area (Å²) in [5.41, 5.74) is 9.06. The van der Waals surface area contributed by atoms with E-state index >= 15 is 0 Å². The molecule has 0 saturated carbocycles. The third kappa shape index (κ3) is 2.98. The SMILES string of the molecule is COc1c(N2CCCC2)cc(Cl)c(CCCN)c1C. The van der Waals surface area contributed by atoms with Gasteiger partial charge in [-0.3, -0.25) is 0 Å². The van der Waals surface area contributed by atoms with Crippen LogP contribution < -0.4 is 15.4 Å². The van der Waals surface area contributed by atoms with E-state index in [2.05, 4.69) is 17.9 Å². The molecule has 1 heterocycles. The Morgan fingerprint density at radius 2 is 2.05 bits per heavy atom. The first-order valence-corrected chi connectivity index (χ1v) is 7.37. The normalized spacial score (nSPS) is 15.1. The van der Waals surface area contributed by atoms with Crippen molar-refractivity contribution in [2.75, 3.05) is 31.6 Å². The van der Waals surface area contributed by atoms with Crippen LogP contribution in [0.3, 0.4) is 0 Å². The molecule has 1 aromatic carbocycles. The number of nitrogens with zero attached hydrogens (tertiary/aromatic N) is 1. The zero-order chi connectivity index (χ0) is 13.8. The van der Waals surface area contributed by atoms with Gasteiger partial charge in [-0.1, -0.05) is 11.6 Å². The van der Waals surface area contributed by atoms with Crippen molar-refractivity contribution < 1.29 is 4.74 Å². The number of benzene rings is 1. The van der Waals surface area contributed by atoms with E-state index in [-0.39, 0.29) is 0 Å². The van der Waals surface area contributed by atoms with Crippen molar-refractivity contribution in [3.05, 3.63) is 22.2 Å². The van der Waals surface area contributed by atoms with Crippen molar-refractivity contribution in [1.29, 1.82) is 0 Å². The molecule has 0 spiro atoms. The molecule has 0 aromatic heterocycles. The summed E-state index contributed by atoms with van der Waals surface area (Å²) in [6, 6.07) is 2.06. The summed E-state index contributed by atoms with van der Waals surface area (Å²) in [6.45, 7) is 4.96. The summed E-state index contributed by atoms with van der Waals surface area (Å²) in [5.74, 6) is 0.971. The molecule has 2 rings (SSSR count). The molecule has 0 atom stereocenters. The second kappa shape index (κ2) is 6.49. The molecule has 1 aromatic rings. The molecular weight excluding hydrogens is 260 g/mol. The molecule has 0 radical (unpaired) electrons. The maximum Gasteiger partial charge on any atom is 0.145 e. The second-order valence-electron chi connectivity index (χ2n) is 5.10. The molecule has 106 valence electrons. The molecule has 0 unspecified atom stereocenters. The van der Waals surface area contributed by atoms with Crippen LogP contribution in [-0.2, 0) is 6.42 Å². The van der Waals surface area contributed by atoms with Gasteiger partial charge >= 0.3 is 0 Å². The minimum Gasteiger partial charge on any atom is -0.494 e. The van der Waals surface area contributed by atoms with Crippen molar-refractivity contribution in [3.8, 4) is 5.75 Å². The predicted molar refractivity (Wildman–Crippen MR) is 81.6 cm³/mol. The van der Waals surface area contributed by atoms with Crippen LogP contribution in [-0.4, -0.2) is 26.7 Å². The lowest BCUT2D eigenvalue weighted by Crippen LogP contribution is -2.19. The van der Waals surface area contributed by atoms with Crippen LogP contribution in [0.25, 0.3) is 0 Å². The number of rotatable bonds is 5. The Balaban J connectivity index is 2.39. The maximum atomic E-state index is 6.45. The standard InChI is InChI=1S/C15H23ClN2O/c1-11-12(6-5-7-17)13(16)10-14(15(11)19-2)18-8-3-4-9-18/h10H,3-9,17H2,1-2H3. The van der Waals surface area contributed by atoms with Crippen LogP contribution in [0.2, 0.25) is 5.02 Å². The van der Waals surface area contributed by atoms with E-state index in [0.717, 1.165) is 48.0 Å². The summed E-state index contributed by atoms with van der Waals surface area (Å²) in [6.07, 6.45) is 4.36. The van der Waals surface area contributed by atoms with Gasteiger partial charge in [0.1, 0.15) is 5.75 Å². The van der Waals surface area contributed by atoms with Gasteiger partial charge in [0.05, 0.1) is 12.8 Å². The van der Waals surface area contributed by atoms with E-state index in [9.17, 15) is 0 Å². The van der Waals surface area contributed by atoms with Gasteiger partial charge in [0.15, 0.2) is 0 Å². The Labute approximate surface area is 120 Å². The van der Waals surface area contributed by atoms with Crippen molar-refractivity contribution in [2.24, 2.45) is 5.73 Å². The van der Waals surface area contributed by atoms with Crippen molar-refractivity contribution in [1.82, 2.24) is 0 Å². The number of anilines is 1. The number of hydrogen-bond donors (Lipinski definition) is 1. The number of methoxy groups -OCH3 is 1. The van der Waals surface area contributed by atoms with Crippen LogP contribution in [0.5, 0.6) is 5.75 Å². The summed E-state index contributed by atoms with van der Waals surface area (Å²) < 4.78 is 5.63. The quantitative estimate of drug-likeness (QED) is 0.902. The zero-order valence-electron chi connectivity index (χ0n) is 11.8. The number of halogens is 1. The lowest BCUT2D eigenvalue weighted by molar-refractivity contribution is 0.411. The largest absolute Gasteiger partial charge is 0.494 e. The van der Waals surface area contributed by atoms with Gasteiger partial charge in [0.25, 0.3) is 0 Å². The van der Waals surface area contributed by atoms with Crippen LogP contribution in [0, 0.1) is 6.92 Å². The molecule has 2 N–H and O–H groups in total. The Morgan fingerprint density at radius 1 is 1.37 bits per heavy atom. The molecular formula is C15H23ClN2O. The second-order valence-corrected chi connectivity index (χ2v) is 5.51. The highest BCUT2D eigenvalue weighted by atomic mass is 35.5. The molecule has 0 amide bonds. The van der Waals surface area contributed by atoms with Crippen molar-refractivity contribution in [2.45, 2.75) is 32.6 Å². The van der Waals surface area contributed by atoms with Gasteiger partial charge in [-0.25, -0.2) is 0 Å². The topological polar surface area (TPSA) is 38.5 Å². The highest BCUT2D eigenvalue weighted by Gasteiger charge is 2.21. The van der Waals surface area contributed by atoms with Gasteiger partial charge in [-0.2, -0.15) is 0 Å². The maximum absolute atomic E-state index is 6.45. The first-order valence-electron chi connectivity index (χ1n) is 7.00. The fraction of sp³-hybridized carbons (Fsp3) is 0.600. The molecule has 1 aliphatic rings. The molecule has 0 bridgehead atoms. The summed E-state index contributed by atoms with van der Waals surface area (Å²) in [4.78, 5) is 2.37. The average Bonchev–Trinajstić information content (AvgIpc) is 2.91. The third-order valence-electron chi connectivity index (χ3n) is 3.86. The van der Waals surface area contributed by atoms with Crippen molar-refractivity contribution >= 4 is 17.3 Å². The first-order chi connectivity index (χ1) is 9.19. The Bertz CT molecular complexity index is 442. The van der Waals surface area contributed by atoms with Crippen molar-refractivity contribution in [3.63, 3.8) is 0 Å². The van der Waals surface area contributed by atoms with Crippen LogP contribution in [0.1, 0.15) is 30.4 Å². The zero-order valence-corrected chi connectivity index (χ0v) is 12.6. The van der Waals surface area contributed by atoms with Gasteiger partial charge in [0, 0.05) is 18.1 Å². The molecule has 19 heavy (non-hydrogen) atoms. The van der Waals surface area contributed by atoms with Crippen LogP contribution >= 0.6 is 11.6 Å². The monoisotopic (exact) mass is 282 g/mol. The molecule has 0 aliphatic carbocycles. The third-order valence-corrected chi connectivity index (χ3v) is 4.20. The number of hydrogen-bond acceptors (Lipinski definition) is 3. The predicted octanol–water partition coefficient (Wildman–Crippen LogP) is 3.15. The highest BCUT2D eigenvalue weighted by Crippen LogP contribution is 2.39. The van der Waals surface area contributed by atoms with E-state index in [1.54, 1.807) is 7.11 Å². The fourth-order valence-corrected chi connectivity index (χ4v) is 3.16. The Hall–Kier alpha value is -0.930. The lowest BCUT2D eigenvalue weighted by Gasteiger charge is -2.24. The van der Waals surface area contributed by atoms with Gasteiger partial charge in [0.2, 0.25) is 0 Å². The minimum absolute atomic E-state index is 0.686. The smallest absolute Gasteiger partial charge is 0.145 e. The molecule has 3 nitrogen and oxygen atoms in total. The highest BCUT2D eigenvalue weighted by molar-refractivity contribution is 6.32. The average molecular weight is 283 g/mol. The van der Waals surface area contributed by atoms with Gasteiger partial charge < -0.3 is 15.4 Å². The van der Waals surface area contributed by atoms with Crippen LogP contribution in [0.4, 0.5) is 5.69 Å². The summed E-state index contributed by atoms with van der Waals surface area (Å²) >= 11 is 6.45. The molecule has 1 aliphatic heterocycles. The molecule has 1 fully saturated rings. The minimum atomic E-state index is 0.686. The fourth-order valence-electron chi connectivity index (χ4n) is 2.82. The first kappa shape index (κ1) is 14.5. The van der Waals surface area contributed by atoms with E-state index in [1.165, 1.54) is 18.4 Å². The van der Waals surface area contributed by atoms with Gasteiger partial charge in [-0.05, 0) is 56.3 Å². The van der Waals surface area contributed by atoms with E-state index in [1.807, 2.05) is 0 Å². The number of ether oxygens (including phenoxy) is 1. The summed E-state index contributed by atoms with van der Waals surface area (Å²) in [5, 5.41) is 0.841. The van der Waals surface area contributed by atoms with E-state index in [0.29, 0.717) is 6.54 Å². The molecule has 4 heteroatoms. The lowest BCUT2D eigenvalue weighted by atomic mass is 10.0. The summed E-state index contributed by atoms with van der Waals surface area (Å²) in [7, 11) is 1.74. The Kier molecular flexibility index (Phi) is 4.94. The van der Waals surface area contributed by atoms with Gasteiger partial charge in [-0.15, -0.1) is 0 Å². The van der Waals surface area contributed by atoms with E-state index in [4.69, 9.17) is 22.1 Å².